The van der Waals surface area contributed by atoms with E-state index in [9.17, 15) is 29.8 Å². The maximum Gasteiger partial charge on any atom is 0.283 e. The summed E-state index contributed by atoms with van der Waals surface area (Å²) in [7, 11) is 0. The molecule has 29 heavy (non-hydrogen) atoms. The van der Waals surface area contributed by atoms with Gasteiger partial charge in [-0.3, -0.25) is 29.8 Å². The Balaban J connectivity index is 1.97. The molecule has 152 valence electrons. The molecular weight excluding hydrogens is 416 g/mol. The third-order valence-electron chi connectivity index (χ3n) is 3.93. The van der Waals surface area contributed by atoms with E-state index in [0.717, 1.165) is 0 Å². The molecule has 0 spiro atoms. The van der Waals surface area contributed by atoms with Gasteiger partial charge in [0, 0.05) is 23.3 Å². The van der Waals surface area contributed by atoms with Crippen molar-refractivity contribution in [2.75, 3.05) is 11.5 Å². The lowest BCUT2D eigenvalue weighted by atomic mass is 10.1. The Hall–Kier alpha value is -2.72. The number of hydrogen-bond donors (Lipinski definition) is 0. The molecule has 0 aliphatic carbocycles. The Kier molecular flexibility index (Phi) is 7.91. The standard InChI is InChI=1S/C19H18N2O6S2/c1-12(22)14-4-6-18(16(10-14)20(24)25)28-8-3-9-29-19-7-5-15(13(2)23)11-17(19)21(26)27/h4-7,10-11H,3,8-9H2,1-2H3. The predicted molar refractivity (Wildman–Crippen MR) is 112 cm³/mol. The summed E-state index contributed by atoms with van der Waals surface area (Å²) in [6.45, 7) is 2.70. The van der Waals surface area contributed by atoms with Crippen molar-refractivity contribution >= 4 is 46.5 Å². The minimum absolute atomic E-state index is 0.106. The van der Waals surface area contributed by atoms with Crippen LogP contribution in [-0.4, -0.2) is 32.9 Å². The smallest absolute Gasteiger partial charge is 0.283 e. The minimum Gasteiger partial charge on any atom is -0.295 e. The average molecular weight is 434 g/mol. The van der Waals surface area contributed by atoms with Crippen LogP contribution in [0.4, 0.5) is 11.4 Å². The van der Waals surface area contributed by atoms with Crippen LogP contribution in [0.2, 0.25) is 0 Å². The molecule has 0 heterocycles. The Bertz CT molecular complexity index is 900. The molecule has 0 N–H and O–H groups in total. The van der Waals surface area contributed by atoms with Crippen molar-refractivity contribution in [1.82, 2.24) is 0 Å². The van der Waals surface area contributed by atoms with E-state index in [4.69, 9.17) is 0 Å². The van der Waals surface area contributed by atoms with Crippen LogP contribution in [-0.2, 0) is 0 Å². The van der Waals surface area contributed by atoms with E-state index in [0.29, 0.717) is 27.7 Å². The Morgan fingerprint density at radius 3 is 1.48 bits per heavy atom. The highest BCUT2D eigenvalue weighted by atomic mass is 32.2. The monoisotopic (exact) mass is 434 g/mol. The third kappa shape index (κ3) is 6.13. The number of benzene rings is 2. The molecule has 0 atom stereocenters. The van der Waals surface area contributed by atoms with Crippen LogP contribution in [0, 0.1) is 20.2 Å². The fourth-order valence-corrected chi connectivity index (χ4v) is 4.52. The van der Waals surface area contributed by atoms with E-state index in [2.05, 4.69) is 0 Å². The summed E-state index contributed by atoms with van der Waals surface area (Å²) >= 11 is 2.61. The zero-order valence-corrected chi connectivity index (χ0v) is 17.4. The molecule has 0 fully saturated rings. The quantitative estimate of drug-likeness (QED) is 0.165. The topological polar surface area (TPSA) is 120 Å². The second-order valence-corrected chi connectivity index (χ2v) is 8.32. The molecular formula is C19H18N2O6S2. The zero-order valence-electron chi connectivity index (χ0n) is 15.7. The first-order chi connectivity index (χ1) is 13.7. The van der Waals surface area contributed by atoms with Gasteiger partial charge in [-0.15, -0.1) is 23.5 Å². The Morgan fingerprint density at radius 2 is 1.17 bits per heavy atom. The third-order valence-corrected chi connectivity index (χ3v) is 6.23. The summed E-state index contributed by atoms with van der Waals surface area (Å²) in [4.78, 5) is 45.2. The summed E-state index contributed by atoms with van der Waals surface area (Å²) in [5.41, 5.74) is 0.368. The average Bonchev–Trinajstić information content (AvgIpc) is 2.67. The van der Waals surface area contributed by atoms with Gasteiger partial charge in [0.15, 0.2) is 11.6 Å². The molecule has 0 bridgehead atoms. The van der Waals surface area contributed by atoms with Gasteiger partial charge in [0.25, 0.3) is 11.4 Å². The number of nitro benzene ring substituents is 2. The number of nitrogens with zero attached hydrogens (tertiary/aromatic N) is 2. The fraction of sp³-hybridized carbons (Fsp3) is 0.263. The maximum absolute atomic E-state index is 11.4. The van der Waals surface area contributed by atoms with Crippen molar-refractivity contribution in [3.63, 3.8) is 0 Å². The largest absolute Gasteiger partial charge is 0.295 e. The molecule has 2 aromatic rings. The van der Waals surface area contributed by atoms with Crippen LogP contribution in [0.15, 0.2) is 46.2 Å². The number of hydrogen-bond acceptors (Lipinski definition) is 8. The van der Waals surface area contributed by atoms with Gasteiger partial charge >= 0.3 is 0 Å². The number of ketones is 2. The first-order valence-corrected chi connectivity index (χ1v) is 10.5. The van der Waals surface area contributed by atoms with Crippen LogP contribution < -0.4 is 0 Å². The van der Waals surface area contributed by atoms with E-state index in [-0.39, 0.29) is 34.1 Å². The van der Waals surface area contributed by atoms with Gasteiger partial charge in [-0.05, 0) is 56.0 Å². The van der Waals surface area contributed by atoms with Gasteiger partial charge in [-0.1, -0.05) is 0 Å². The molecule has 0 aliphatic heterocycles. The number of thioether (sulfide) groups is 2. The molecule has 0 aliphatic rings. The first kappa shape index (κ1) is 22.6. The van der Waals surface area contributed by atoms with Gasteiger partial charge < -0.3 is 0 Å². The summed E-state index contributed by atoms with van der Waals surface area (Å²) in [5, 5.41) is 22.5. The molecule has 2 rings (SSSR count). The lowest BCUT2D eigenvalue weighted by Crippen LogP contribution is -1.98. The Morgan fingerprint density at radius 1 is 0.793 bits per heavy atom. The molecule has 10 heteroatoms. The van der Waals surface area contributed by atoms with Crippen molar-refractivity contribution < 1.29 is 19.4 Å². The van der Waals surface area contributed by atoms with Crippen molar-refractivity contribution in [3.8, 4) is 0 Å². The van der Waals surface area contributed by atoms with Crippen LogP contribution in [0.1, 0.15) is 41.0 Å². The van der Waals surface area contributed by atoms with Gasteiger partial charge in [0.2, 0.25) is 0 Å². The second kappa shape index (κ2) is 10.2. The summed E-state index contributed by atoms with van der Waals surface area (Å²) in [6.07, 6.45) is 0.659. The molecule has 2 aromatic carbocycles. The molecule has 0 radical (unpaired) electrons. The number of carbonyl (C=O) groups is 2. The van der Waals surface area contributed by atoms with Crippen LogP contribution >= 0.6 is 23.5 Å². The van der Waals surface area contributed by atoms with E-state index < -0.39 is 9.85 Å². The molecule has 0 amide bonds. The lowest BCUT2D eigenvalue weighted by Gasteiger charge is -2.06. The number of nitro groups is 2. The highest BCUT2D eigenvalue weighted by molar-refractivity contribution is 8.00. The van der Waals surface area contributed by atoms with Gasteiger partial charge in [0.05, 0.1) is 19.6 Å². The highest BCUT2D eigenvalue weighted by Crippen LogP contribution is 2.33. The number of Topliss-reactive ketones (excluding diaryl/α,β-unsaturated/α-hetero) is 2. The van der Waals surface area contributed by atoms with E-state index >= 15 is 0 Å². The first-order valence-electron chi connectivity index (χ1n) is 8.55. The number of rotatable bonds is 10. The summed E-state index contributed by atoms with van der Waals surface area (Å²) < 4.78 is 0. The van der Waals surface area contributed by atoms with Crippen molar-refractivity contribution in [3.05, 3.63) is 67.8 Å². The fourth-order valence-electron chi connectivity index (χ4n) is 2.43. The van der Waals surface area contributed by atoms with Gasteiger partial charge in [-0.2, -0.15) is 0 Å². The Labute approximate surface area is 175 Å². The van der Waals surface area contributed by atoms with E-state index in [1.165, 1.54) is 49.5 Å². The van der Waals surface area contributed by atoms with Crippen LogP contribution in [0.5, 0.6) is 0 Å². The van der Waals surface area contributed by atoms with Crippen molar-refractivity contribution in [1.29, 1.82) is 0 Å². The predicted octanol–water partition coefficient (Wildman–Crippen LogP) is 5.18. The van der Waals surface area contributed by atoms with Gasteiger partial charge in [-0.25, -0.2) is 0 Å². The molecule has 0 saturated carbocycles. The zero-order chi connectivity index (χ0) is 21.6. The van der Waals surface area contributed by atoms with Gasteiger partial charge in [0.1, 0.15) is 0 Å². The molecule has 0 aromatic heterocycles. The molecule has 0 saturated heterocycles. The lowest BCUT2D eigenvalue weighted by molar-refractivity contribution is -0.387. The van der Waals surface area contributed by atoms with E-state index in [1.807, 2.05) is 0 Å². The summed E-state index contributed by atoms with van der Waals surface area (Å²) in [5.74, 6) is 0.677. The molecule has 8 nitrogen and oxygen atoms in total. The SMILES string of the molecule is CC(=O)c1ccc(SCCCSc2ccc(C(C)=O)cc2[N+](=O)[O-])c([N+](=O)[O-])c1. The molecule has 0 unspecified atom stereocenters. The highest BCUT2D eigenvalue weighted by Gasteiger charge is 2.18. The van der Waals surface area contributed by atoms with Crippen LogP contribution in [0.3, 0.4) is 0 Å². The number of carbonyl (C=O) groups excluding carboxylic acids is 2. The van der Waals surface area contributed by atoms with Crippen molar-refractivity contribution in [2.24, 2.45) is 0 Å². The minimum atomic E-state index is -0.510. The normalized spacial score (nSPS) is 10.6. The maximum atomic E-state index is 11.4. The van der Waals surface area contributed by atoms with Crippen molar-refractivity contribution in [2.45, 2.75) is 30.1 Å². The second-order valence-electron chi connectivity index (χ2n) is 6.04. The van der Waals surface area contributed by atoms with E-state index in [1.54, 1.807) is 24.3 Å². The summed E-state index contributed by atoms with van der Waals surface area (Å²) in [6, 6.07) is 8.81. The van der Waals surface area contributed by atoms with Crippen LogP contribution in [0.25, 0.3) is 0 Å².